The average Bonchev–Trinajstić information content (AvgIpc) is 2.84. The maximum atomic E-state index is 12.8. The molecule has 2 aromatic heterocycles. The number of thiophene rings is 1. The first-order chi connectivity index (χ1) is 9.72. The van der Waals surface area contributed by atoms with Crippen molar-refractivity contribution < 1.29 is 4.79 Å². The molecule has 0 saturated carbocycles. The van der Waals surface area contributed by atoms with Crippen molar-refractivity contribution in [1.82, 2.24) is 9.88 Å². The van der Waals surface area contributed by atoms with Gasteiger partial charge in [0.1, 0.15) is 4.88 Å². The monoisotopic (exact) mass is 289 g/mol. The first-order valence-corrected chi connectivity index (χ1v) is 7.97. The van der Waals surface area contributed by atoms with Crippen molar-refractivity contribution in [3.8, 4) is 0 Å². The molecule has 3 heterocycles. The van der Waals surface area contributed by atoms with E-state index in [9.17, 15) is 4.79 Å². The zero-order valence-electron chi connectivity index (χ0n) is 11.6. The molecule has 1 atom stereocenters. The third-order valence-corrected chi connectivity index (χ3v) is 5.23. The third-order valence-electron chi connectivity index (χ3n) is 4.08. The van der Waals surface area contributed by atoms with E-state index in [-0.39, 0.29) is 5.91 Å². The molecule has 106 valence electrons. The number of anilines is 1. The fourth-order valence-electron chi connectivity index (χ4n) is 2.95. The van der Waals surface area contributed by atoms with Crippen LogP contribution < -0.4 is 5.73 Å². The van der Waals surface area contributed by atoms with Crippen LogP contribution in [0, 0.1) is 0 Å². The summed E-state index contributed by atoms with van der Waals surface area (Å²) in [5.41, 5.74) is 6.78. The van der Waals surface area contributed by atoms with Crippen LogP contribution in [0.5, 0.6) is 0 Å². The normalized spacial score (nSPS) is 19.4. The van der Waals surface area contributed by atoms with Crippen molar-refractivity contribution in [2.75, 3.05) is 12.3 Å². The molecule has 2 aromatic rings. The van der Waals surface area contributed by atoms with Gasteiger partial charge in [-0.05, 0) is 31.7 Å². The predicted octanol–water partition coefficient (Wildman–Crippen LogP) is 3.28. The fourth-order valence-corrected chi connectivity index (χ4v) is 4.00. The minimum absolute atomic E-state index is 0.0928. The van der Waals surface area contributed by atoms with E-state index < -0.39 is 0 Å². The molecule has 1 aliphatic rings. The highest BCUT2D eigenvalue weighted by molar-refractivity contribution is 7.21. The second-order valence-electron chi connectivity index (χ2n) is 5.27. The number of nitrogen functional groups attached to an aromatic ring is 1. The van der Waals surface area contributed by atoms with Crippen LogP contribution >= 0.6 is 11.3 Å². The van der Waals surface area contributed by atoms with Crippen LogP contribution in [0.2, 0.25) is 0 Å². The summed E-state index contributed by atoms with van der Waals surface area (Å²) in [6, 6.07) is 2.24. The van der Waals surface area contributed by atoms with E-state index >= 15 is 0 Å². The molecule has 20 heavy (non-hydrogen) atoms. The SMILES string of the molecule is CCC1CCCCN1C(=O)c1sc2cnccc2c1N. The highest BCUT2D eigenvalue weighted by Gasteiger charge is 2.28. The topological polar surface area (TPSA) is 59.2 Å². The van der Waals surface area contributed by atoms with Crippen LogP contribution in [0.15, 0.2) is 18.5 Å². The third kappa shape index (κ3) is 2.16. The Kier molecular flexibility index (Phi) is 3.61. The van der Waals surface area contributed by atoms with E-state index in [1.807, 2.05) is 11.0 Å². The van der Waals surface area contributed by atoms with Gasteiger partial charge in [0, 0.05) is 30.4 Å². The summed E-state index contributed by atoms with van der Waals surface area (Å²) in [7, 11) is 0. The number of nitrogens with two attached hydrogens (primary N) is 1. The molecule has 4 nitrogen and oxygen atoms in total. The minimum atomic E-state index is 0.0928. The predicted molar refractivity (Wildman–Crippen MR) is 83.0 cm³/mol. The van der Waals surface area contributed by atoms with Gasteiger partial charge in [-0.15, -0.1) is 11.3 Å². The lowest BCUT2D eigenvalue weighted by molar-refractivity contribution is 0.0614. The molecule has 2 N–H and O–H groups in total. The second-order valence-corrected chi connectivity index (χ2v) is 6.33. The number of carbonyl (C=O) groups is 1. The summed E-state index contributed by atoms with van der Waals surface area (Å²) in [4.78, 5) is 19.6. The molecule has 0 aromatic carbocycles. The van der Waals surface area contributed by atoms with Crippen molar-refractivity contribution in [1.29, 1.82) is 0 Å². The Morgan fingerprint density at radius 1 is 1.55 bits per heavy atom. The number of carbonyl (C=O) groups excluding carboxylic acids is 1. The van der Waals surface area contributed by atoms with Crippen molar-refractivity contribution in [3.05, 3.63) is 23.3 Å². The van der Waals surface area contributed by atoms with Crippen LogP contribution in [0.4, 0.5) is 5.69 Å². The zero-order chi connectivity index (χ0) is 14.1. The van der Waals surface area contributed by atoms with Gasteiger partial charge in [0.2, 0.25) is 0 Å². The maximum absolute atomic E-state index is 12.8. The lowest BCUT2D eigenvalue weighted by Gasteiger charge is -2.35. The van der Waals surface area contributed by atoms with Gasteiger partial charge in [0.25, 0.3) is 5.91 Å². The number of aromatic nitrogens is 1. The Hall–Kier alpha value is -1.62. The van der Waals surface area contributed by atoms with Gasteiger partial charge in [0.05, 0.1) is 10.4 Å². The number of hydrogen-bond donors (Lipinski definition) is 1. The number of hydrogen-bond acceptors (Lipinski definition) is 4. The van der Waals surface area contributed by atoms with Gasteiger partial charge in [-0.25, -0.2) is 0 Å². The first kappa shape index (κ1) is 13.4. The Balaban J connectivity index is 1.97. The van der Waals surface area contributed by atoms with Crippen LogP contribution in [0.25, 0.3) is 10.1 Å². The highest BCUT2D eigenvalue weighted by Crippen LogP contribution is 2.35. The molecule has 1 aliphatic heterocycles. The molecule has 1 saturated heterocycles. The lowest BCUT2D eigenvalue weighted by Crippen LogP contribution is -2.43. The Morgan fingerprint density at radius 2 is 2.40 bits per heavy atom. The van der Waals surface area contributed by atoms with Crippen molar-refractivity contribution >= 4 is 33.0 Å². The number of fused-ring (bicyclic) bond motifs is 1. The molecule has 0 bridgehead atoms. The maximum Gasteiger partial charge on any atom is 0.266 e. The van der Waals surface area contributed by atoms with Crippen LogP contribution in [0.3, 0.4) is 0 Å². The second kappa shape index (κ2) is 5.40. The largest absolute Gasteiger partial charge is 0.397 e. The average molecular weight is 289 g/mol. The summed E-state index contributed by atoms with van der Waals surface area (Å²) in [5.74, 6) is 0.0928. The van der Waals surface area contributed by atoms with E-state index in [0.717, 1.165) is 35.9 Å². The Morgan fingerprint density at radius 3 is 3.15 bits per heavy atom. The van der Waals surface area contributed by atoms with Crippen LogP contribution in [0.1, 0.15) is 42.3 Å². The molecule has 0 spiro atoms. The molecule has 1 unspecified atom stereocenters. The number of rotatable bonds is 2. The van der Waals surface area contributed by atoms with Crippen molar-refractivity contribution in [2.45, 2.75) is 38.6 Å². The molecule has 1 amide bonds. The number of piperidine rings is 1. The molecular weight excluding hydrogens is 270 g/mol. The van der Waals surface area contributed by atoms with Gasteiger partial charge in [0.15, 0.2) is 0 Å². The highest BCUT2D eigenvalue weighted by atomic mass is 32.1. The molecule has 0 aliphatic carbocycles. The number of amides is 1. The quantitative estimate of drug-likeness (QED) is 0.923. The molecule has 0 radical (unpaired) electrons. The van der Waals surface area contributed by atoms with Gasteiger partial charge in [-0.2, -0.15) is 0 Å². The number of nitrogens with zero attached hydrogens (tertiary/aromatic N) is 2. The molecular formula is C15H19N3OS. The Labute approximate surface area is 122 Å². The van der Waals surface area contributed by atoms with Gasteiger partial charge < -0.3 is 10.6 Å². The van der Waals surface area contributed by atoms with E-state index in [0.29, 0.717) is 16.6 Å². The standard InChI is InChI=1S/C15H19N3OS/c1-2-10-5-3-4-8-18(10)15(19)14-13(16)11-6-7-17-9-12(11)20-14/h6-7,9-10H,2-5,8,16H2,1H3. The van der Waals surface area contributed by atoms with E-state index in [1.54, 1.807) is 12.4 Å². The van der Waals surface area contributed by atoms with Crippen LogP contribution in [-0.4, -0.2) is 28.4 Å². The summed E-state index contributed by atoms with van der Waals surface area (Å²) in [6.45, 7) is 3.00. The van der Waals surface area contributed by atoms with Gasteiger partial charge >= 0.3 is 0 Å². The zero-order valence-corrected chi connectivity index (χ0v) is 12.4. The molecule has 5 heteroatoms. The first-order valence-electron chi connectivity index (χ1n) is 7.15. The summed E-state index contributed by atoms with van der Waals surface area (Å²) < 4.78 is 0.985. The molecule has 1 fully saturated rings. The van der Waals surface area contributed by atoms with E-state index in [2.05, 4.69) is 11.9 Å². The summed E-state index contributed by atoms with van der Waals surface area (Å²) in [5, 5.41) is 0.943. The number of likely N-dealkylation sites (tertiary alicyclic amines) is 1. The summed E-state index contributed by atoms with van der Waals surface area (Å²) >= 11 is 1.46. The number of pyridine rings is 1. The van der Waals surface area contributed by atoms with Crippen LogP contribution in [-0.2, 0) is 0 Å². The smallest absolute Gasteiger partial charge is 0.266 e. The van der Waals surface area contributed by atoms with E-state index in [4.69, 9.17) is 5.73 Å². The lowest BCUT2D eigenvalue weighted by atomic mass is 9.99. The Bertz CT molecular complexity index is 637. The van der Waals surface area contributed by atoms with Crippen molar-refractivity contribution in [3.63, 3.8) is 0 Å². The fraction of sp³-hybridized carbons (Fsp3) is 0.467. The van der Waals surface area contributed by atoms with Gasteiger partial charge in [-0.3, -0.25) is 9.78 Å². The van der Waals surface area contributed by atoms with Gasteiger partial charge in [-0.1, -0.05) is 6.92 Å². The summed E-state index contributed by atoms with van der Waals surface area (Å²) in [6.07, 6.45) is 7.92. The minimum Gasteiger partial charge on any atom is -0.397 e. The van der Waals surface area contributed by atoms with Crippen molar-refractivity contribution in [2.24, 2.45) is 0 Å². The van der Waals surface area contributed by atoms with E-state index in [1.165, 1.54) is 17.8 Å². The molecule has 3 rings (SSSR count).